The standard InChI is InChI=1S/C4H11N/c1-4(2,3)5/h5H2,1-3H3/i/hD. The molecule has 0 bridgehead atoms. The molecule has 5 heavy (non-hydrogen) atoms. The van der Waals surface area contributed by atoms with E-state index in [1.165, 1.54) is 0 Å². The fourth-order valence-electron chi connectivity index (χ4n) is 0. The van der Waals surface area contributed by atoms with Crippen molar-refractivity contribution in [1.82, 2.24) is 0 Å². The smallest absolute Gasteiger partial charge is 0.119 e. The first kappa shape index (κ1) is 3.16. The third kappa shape index (κ3) is 9510. The Bertz CT molecular complexity index is 37.3. The van der Waals surface area contributed by atoms with Gasteiger partial charge in [-0.3, -0.25) is 0 Å². The Morgan fingerprint density at radius 3 is 1.80 bits per heavy atom. The van der Waals surface area contributed by atoms with Crippen LogP contribution in [0.3, 0.4) is 0 Å². The molecule has 0 spiro atoms. The fourth-order valence-corrected chi connectivity index (χ4v) is 0. The lowest BCUT2D eigenvalue weighted by Gasteiger charge is -2.06. The molecule has 0 radical (unpaired) electrons. The van der Waals surface area contributed by atoms with Crippen molar-refractivity contribution in [1.29, 1.82) is 0 Å². The third-order valence-electron chi connectivity index (χ3n) is 0. The molecule has 1 nitrogen and oxygen atoms in total. The Hall–Kier alpha value is -0.0400. The molecule has 0 aromatic carbocycles. The topological polar surface area (TPSA) is 26.0 Å². The zero-order valence-corrected chi connectivity index (χ0v) is 4.00. The highest BCUT2D eigenvalue weighted by Gasteiger charge is 1.95. The van der Waals surface area contributed by atoms with Gasteiger partial charge in [0.25, 0.3) is 0 Å². The maximum absolute atomic E-state index is 6.60. The van der Waals surface area contributed by atoms with Crippen molar-refractivity contribution in [2.45, 2.75) is 26.3 Å². The van der Waals surface area contributed by atoms with E-state index in [-0.39, 0.29) is 5.54 Å². The van der Waals surface area contributed by atoms with Crippen molar-refractivity contribution in [3.8, 4) is 0 Å². The van der Waals surface area contributed by atoms with Crippen LogP contribution in [0, 0.1) is 0 Å². The monoisotopic (exact) mass is 74.1 g/mol. The highest BCUT2D eigenvalue weighted by atomic mass is 14.7. The van der Waals surface area contributed by atoms with E-state index in [1.54, 1.807) is 0 Å². The summed E-state index contributed by atoms with van der Waals surface area (Å²) in [5, 5.41) is 0. The first-order valence-corrected chi connectivity index (χ1v) is 1.75. The lowest BCUT2D eigenvalue weighted by Crippen LogP contribution is -2.26. The van der Waals surface area contributed by atoms with Gasteiger partial charge in [0.1, 0.15) is 1.41 Å². The second-order valence-corrected chi connectivity index (χ2v) is 2.25. The molecule has 0 atom stereocenters. The largest absolute Gasteiger partial charge is 0.326 e. The number of rotatable bonds is 0. The maximum atomic E-state index is 6.60. The average Bonchev–Trinajstić information content (AvgIpc) is 1.35. The van der Waals surface area contributed by atoms with Gasteiger partial charge in [0.2, 0.25) is 0 Å². The van der Waals surface area contributed by atoms with E-state index in [2.05, 4.69) is 5.73 Å². The Morgan fingerprint density at radius 1 is 1.60 bits per heavy atom. The zero-order valence-electron chi connectivity index (χ0n) is 5.00. The molecule has 0 saturated carbocycles. The Labute approximate surface area is 34.6 Å². The minimum atomic E-state index is -0.0417. The maximum Gasteiger partial charge on any atom is 0.119 e. The number of nitrogens with two attached hydrogens (primary N) is 1. The molecule has 0 heterocycles. The second-order valence-electron chi connectivity index (χ2n) is 2.25. The molecule has 0 rings (SSSR count). The summed E-state index contributed by atoms with van der Waals surface area (Å²) in [4.78, 5) is 0. The Kier molecular flexibility index (Phi) is 0.618. The zero-order chi connectivity index (χ0) is 5.21. The molecule has 0 aromatic heterocycles. The summed E-state index contributed by atoms with van der Waals surface area (Å²) >= 11 is 0. The van der Waals surface area contributed by atoms with Gasteiger partial charge in [-0.15, -0.1) is 0 Å². The molecule has 0 fully saturated rings. The van der Waals surface area contributed by atoms with Crippen molar-refractivity contribution in [2.24, 2.45) is 5.73 Å². The second kappa shape index (κ2) is 0.977. The quantitative estimate of drug-likeness (QED) is 0.450. The van der Waals surface area contributed by atoms with Crippen molar-refractivity contribution in [3.05, 3.63) is 0 Å². The predicted molar refractivity (Wildman–Crippen MR) is 23.9 cm³/mol. The molecule has 0 aliphatic rings. The molecular formula is C4H11N. The molecule has 0 aliphatic heterocycles. The highest BCUT2D eigenvalue weighted by Crippen LogP contribution is 1.88. The van der Waals surface area contributed by atoms with Crippen molar-refractivity contribution in [2.75, 3.05) is 0 Å². The van der Waals surface area contributed by atoms with Crippen LogP contribution < -0.4 is 5.73 Å². The fraction of sp³-hybridized carbons (Fsp3) is 1.00. The summed E-state index contributed by atoms with van der Waals surface area (Å²) in [6.07, 6.45) is 0. The lowest BCUT2D eigenvalue weighted by molar-refractivity contribution is 0.580. The molecule has 0 unspecified atom stereocenters. The molecule has 0 aliphatic carbocycles. The molecule has 32 valence electrons. The van der Waals surface area contributed by atoms with E-state index in [0.717, 1.165) is 0 Å². The summed E-state index contributed by atoms with van der Waals surface area (Å²) in [6, 6.07) is 0. The van der Waals surface area contributed by atoms with E-state index in [4.69, 9.17) is 1.41 Å². The van der Waals surface area contributed by atoms with Gasteiger partial charge in [-0.1, -0.05) is 0 Å². The van der Waals surface area contributed by atoms with Gasteiger partial charge in [-0.25, -0.2) is 0 Å². The normalized spacial score (nSPS) is 14.6. The van der Waals surface area contributed by atoms with Crippen molar-refractivity contribution >= 4 is 0 Å². The van der Waals surface area contributed by atoms with Crippen LogP contribution in [0.4, 0.5) is 0 Å². The van der Waals surface area contributed by atoms with Gasteiger partial charge >= 0.3 is 0 Å². The van der Waals surface area contributed by atoms with Gasteiger partial charge < -0.3 is 5.73 Å². The first-order valence-electron chi connectivity index (χ1n) is 2.25. The molecule has 1 heteroatoms. The van der Waals surface area contributed by atoms with E-state index >= 15 is 0 Å². The van der Waals surface area contributed by atoms with E-state index in [1.807, 2.05) is 20.8 Å². The van der Waals surface area contributed by atoms with Crippen LogP contribution >= 0.6 is 0 Å². The Morgan fingerprint density at radius 2 is 1.80 bits per heavy atom. The summed E-state index contributed by atoms with van der Waals surface area (Å²) in [5.74, 6) is 0. The molecular weight excluding hydrogens is 62.1 g/mol. The molecule has 0 saturated heterocycles. The van der Waals surface area contributed by atoms with Gasteiger partial charge in [0.15, 0.2) is 0 Å². The third-order valence-corrected chi connectivity index (χ3v) is 0. The average molecular weight is 74.1 g/mol. The van der Waals surface area contributed by atoms with Crippen LogP contribution in [0.25, 0.3) is 0 Å². The minimum absolute atomic E-state index is 0.0417. The predicted octanol–water partition coefficient (Wildman–Crippen LogP) is 0.744. The van der Waals surface area contributed by atoms with E-state index in [9.17, 15) is 0 Å². The SMILES string of the molecule is [2H]NC(C)(C)C. The van der Waals surface area contributed by atoms with Crippen LogP contribution in [0.5, 0.6) is 0 Å². The minimum Gasteiger partial charge on any atom is -0.326 e. The number of hydrogen-bond acceptors (Lipinski definition) is 1. The lowest BCUT2D eigenvalue weighted by atomic mass is 10.1. The summed E-state index contributed by atoms with van der Waals surface area (Å²) in [5.41, 5.74) is 2.31. The highest BCUT2D eigenvalue weighted by molar-refractivity contribution is 4.60. The van der Waals surface area contributed by atoms with Crippen LogP contribution in [-0.4, -0.2) is 5.54 Å². The summed E-state index contributed by atoms with van der Waals surface area (Å²) in [6.45, 7) is 5.83. The molecule has 0 amide bonds. The van der Waals surface area contributed by atoms with Crippen molar-refractivity contribution in [3.63, 3.8) is 0 Å². The Balaban J connectivity index is 3.17. The van der Waals surface area contributed by atoms with E-state index < -0.39 is 0 Å². The van der Waals surface area contributed by atoms with Gasteiger partial charge in [-0.05, 0) is 20.8 Å². The van der Waals surface area contributed by atoms with Crippen LogP contribution in [0.1, 0.15) is 20.8 Å². The van der Waals surface area contributed by atoms with Gasteiger partial charge in [0.05, 0.1) is 0 Å². The first-order chi connectivity index (χ1) is 2.56. The summed E-state index contributed by atoms with van der Waals surface area (Å²) in [7, 11) is 0. The summed E-state index contributed by atoms with van der Waals surface area (Å²) < 4.78 is 6.60. The number of hydrogen-bond donors (Lipinski definition) is 1. The van der Waals surface area contributed by atoms with Gasteiger partial charge in [0, 0.05) is 5.54 Å². The molecule has 0 aromatic rings. The van der Waals surface area contributed by atoms with Crippen LogP contribution in [0.2, 0.25) is 1.41 Å². The van der Waals surface area contributed by atoms with Crippen molar-refractivity contribution < 1.29 is 1.41 Å². The van der Waals surface area contributed by atoms with Gasteiger partial charge in [-0.2, -0.15) is 0 Å². The molecule has 2 N–H and O–H groups in total. The van der Waals surface area contributed by atoms with Crippen LogP contribution in [-0.2, 0) is 0 Å². The van der Waals surface area contributed by atoms with E-state index in [0.29, 0.717) is 0 Å². The van der Waals surface area contributed by atoms with Crippen LogP contribution in [0.15, 0.2) is 0 Å².